The lowest BCUT2D eigenvalue weighted by Gasteiger charge is -2.21. The summed E-state index contributed by atoms with van der Waals surface area (Å²) in [6, 6.07) is 11.7. The zero-order chi connectivity index (χ0) is 21.3. The number of benzene rings is 2. The summed E-state index contributed by atoms with van der Waals surface area (Å²) in [5.41, 5.74) is 2.63. The highest BCUT2D eigenvalue weighted by atomic mass is 32.1. The number of ketones is 2. The Kier molecular flexibility index (Phi) is 5.57. The number of carbonyl (C=O) groups is 3. The van der Waals surface area contributed by atoms with Gasteiger partial charge in [-0.05, 0) is 19.5 Å². The summed E-state index contributed by atoms with van der Waals surface area (Å²) < 4.78 is 0. The number of carbonyl (C=O) groups excluding carboxylic acids is 3. The van der Waals surface area contributed by atoms with Crippen LogP contribution in [-0.2, 0) is 17.8 Å². The molecule has 0 unspecified atom stereocenters. The highest BCUT2D eigenvalue weighted by Crippen LogP contribution is 2.31. The van der Waals surface area contributed by atoms with Crippen LogP contribution in [0.4, 0.5) is 5.69 Å². The fourth-order valence-corrected chi connectivity index (χ4v) is 4.34. The van der Waals surface area contributed by atoms with E-state index in [4.69, 9.17) is 0 Å². The molecule has 152 valence electrons. The van der Waals surface area contributed by atoms with Crippen molar-refractivity contribution in [2.24, 2.45) is 0 Å². The number of aromatic nitrogens is 1. The topological polar surface area (TPSA) is 79.4 Å². The third kappa shape index (κ3) is 3.81. The first-order valence-electron chi connectivity index (χ1n) is 9.71. The zero-order valence-corrected chi connectivity index (χ0v) is 17.6. The quantitative estimate of drug-likeness (QED) is 0.517. The van der Waals surface area contributed by atoms with E-state index in [1.807, 2.05) is 17.3 Å². The van der Waals surface area contributed by atoms with E-state index in [0.717, 1.165) is 17.1 Å². The molecule has 1 aromatic heterocycles. The number of likely N-dealkylation sites (N-methyl/N-ethyl adjacent to an activating group) is 1. The molecule has 0 spiro atoms. The lowest BCUT2D eigenvalue weighted by molar-refractivity contribution is -0.117. The van der Waals surface area contributed by atoms with E-state index in [0.29, 0.717) is 28.9 Å². The van der Waals surface area contributed by atoms with E-state index < -0.39 is 0 Å². The summed E-state index contributed by atoms with van der Waals surface area (Å²) in [5, 5.41) is 5.89. The Balaban J connectivity index is 1.51. The highest BCUT2D eigenvalue weighted by molar-refractivity contribution is 7.09. The Morgan fingerprint density at radius 2 is 1.73 bits per heavy atom. The molecule has 1 aliphatic rings. The van der Waals surface area contributed by atoms with Crippen molar-refractivity contribution in [1.82, 2.24) is 9.88 Å². The molecule has 0 aliphatic heterocycles. The maximum Gasteiger partial charge on any atom is 0.238 e. The van der Waals surface area contributed by atoms with Crippen molar-refractivity contribution in [1.29, 1.82) is 0 Å². The molecule has 4 rings (SSSR count). The second-order valence-corrected chi connectivity index (χ2v) is 8.18. The minimum absolute atomic E-state index is 0.140. The number of hydrogen-bond donors (Lipinski definition) is 1. The molecule has 1 amide bonds. The summed E-state index contributed by atoms with van der Waals surface area (Å²) >= 11 is 1.62. The van der Waals surface area contributed by atoms with Crippen molar-refractivity contribution < 1.29 is 14.4 Å². The van der Waals surface area contributed by atoms with Gasteiger partial charge in [0.1, 0.15) is 0 Å². The number of hydrogen-bond acceptors (Lipinski definition) is 6. The summed E-state index contributed by atoms with van der Waals surface area (Å²) in [6.45, 7) is 2.76. The summed E-state index contributed by atoms with van der Waals surface area (Å²) in [4.78, 5) is 44.9. The number of thiazole rings is 1. The molecule has 2 aromatic carbocycles. The number of amides is 1. The van der Waals surface area contributed by atoms with Gasteiger partial charge in [-0.1, -0.05) is 43.3 Å². The normalized spacial score (nSPS) is 12.6. The van der Waals surface area contributed by atoms with Gasteiger partial charge in [0, 0.05) is 28.6 Å². The average Bonchev–Trinajstić information content (AvgIpc) is 3.19. The summed E-state index contributed by atoms with van der Waals surface area (Å²) in [5.74, 6) is -0.710. The molecule has 0 fully saturated rings. The van der Waals surface area contributed by atoms with Gasteiger partial charge >= 0.3 is 0 Å². The van der Waals surface area contributed by atoms with Crippen LogP contribution in [0.3, 0.4) is 0 Å². The van der Waals surface area contributed by atoms with Crippen molar-refractivity contribution in [3.63, 3.8) is 0 Å². The van der Waals surface area contributed by atoms with Gasteiger partial charge in [0.05, 0.1) is 28.5 Å². The van der Waals surface area contributed by atoms with Crippen LogP contribution in [0.2, 0.25) is 0 Å². The summed E-state index contributed by atoms with van der Waals surface area (Å²) in [6.07, 6.45) is 0.893. The predicted octanol–water partition coefficient (Wildman–Crippen LogP) is 3.55. The second kappa shape index (κ2) is 8.30. The Morgan fingerprint density at radius 3 is 2.43 bits per heavy atom. The number of fused-ring (bicyclic) bond motifs is 2. The number of rotatable bonds is 6. The first kappa shape index (κ1) is 20.1. The third-order valence-corrected chi connectivity index (χ3v) is 6.02. The van der Waals surface area contributed by atoms with Crippen molar-refractivity contribution in [2.45, 2.75) is 19.9 Å². The maximum atomic E-state index is 13.0. The Morgan fingerprint density at radius 1 is 1.03 bits per heavy atom. The standard InChI is InChI=1S/C23H21N3O3S/c1-3-20-24-14(13-30-20)11-26(2)12-19(27)25-18-10-6-9-17-21(18)23(29)16-8-5-4-7-15(16)22(17)28/h4-10,13H,3,11-12H2,1-2H3,(H,25,27). The van der Waals surface area contributed by atoms with Gasteiger partial charge in [0.2, 0.25) is 5.91 Å². The van der Waals surface area contributed by atoms with Crippen molar-refractivity contribution in [3.05, 3.63) is 80.8 Å². The van der Waals surface area contributed by atoms with Gasteiger partial charge in [-0.15, -0.1) is 11.3 Å². The van der Waals surface area contributed by atoms with Crippen LogP contribution >= 0.6 is 11.3 Å². The van der Waals surface area contributed by atoms with Crippen LogP contribution in [-0.4, -0.2) is 40.9 Å². The van der Waals surface area contributed by atoms with Crippen LogP contribution in [0.25, 0.3) is 0 Å². The maximum absolute atomic E-state index is 13.0. The van der Waals surface area contributed by atoms with Gasteiger partial charge < -0.3 is 5.32 Å². The molecule has 0 atom stereocenters. The first-order chi connectivity index (χ1) is 14.5. The van der Waals surface area contributed by atoms with Crippen LogP contribution in [0, 0.1) is 0 Å². The number of nitrogens with zero attached hydrogens (tertiary/aromatic N) is 2. The molecule has 3 aromatic rings. The van der Waals surface area contributed by atoms with Crippen LogP contribution in [0.15, 0.2) is 47.8 Å². The molecule has 0 saturated carbocycles. The molecular formula is C23H21N3O3S. The predicted molar refractivity (Wildman–Crippen MR) is 116 cm³/mol. The van der Waals surface area contributed by atoms with Gasteiger partial charge in [-0.25, -0.2) is 4.98 Å². The lowest BCUT2D eigenvalue weighted by Crippen LogP contribution is -2.31. The molecule has 0 saturated heterocycles. The molecule has 30 heavy (non-hydrogen) atoms. The van der Waals surface area contributed by atoms with E-state index >= 15 is 0 Å². The molecule has 1 heterocycles. The van der Waals surface area contributed by atoms with Gasteiger partial charge in [0.15, 0.2) is 11.6 Å². The molecule has 1 N–H and O–H groups in total. The fraction of sp³-hybridized carbons (Fsp3) is 0.217. The Bertz CT molecular complexity index is 1150. The third-order valence-electron chi connectivity index (χ3n) is 4.97. The Labute approximate surface area is 178 Å². The van der Waals surface area contributed by atoms with Crippen LogP contribution in [0.5, 0.6) is 0 Å². The van der Waals surface area contributed by atoms with Crippen LogP contribution in [0.1, 0.15) is 49.5 Å². The molecule has 1 aliphatic carbocycles. The second-order valence-electron chi connectivity index (χ2n) is 7.24. The smallest absolute Gasteiger partial charge is 0.238 e. The average molecular weight is 420 g/mol. The largest absolute Gasteiger partial charge is 0.324 e. The van der Waals surface area contributed by atoms with Gasteiger partial charge in [-0.2, -0.15) is 0 Å². The fourth-order valence-electron chi connectivity index (χ4n) is 3.60. The van der Waals surface area contributed by atoms with E-state index in [1.165, 1.54) is 0 Å². The molecular weight excluding hydrogens is 398 g/mol. The minimum atomic E-state index is -0.254. The molecule has 6 nitrogen and oxygen atoms in total. The van der Waals surface area contributed by atoms with Crippen molar-refractivity contribution in [3.8, 4) is 0 Å². The van der Waals surface area contributed by atoms with Crippen LogP contribution < -0.4 is 5.32 Å². The first-order valence-corrected chi connectivity index (χ1v) is 10.6. The minimum Gasteiger partial charge on any atom is -0.324 e. The molecule has 7 heteroatoms. The highest BCUT2D eigenvalue weighted by Gasteiger charge is 2.31. The van der Waals surface area contributed by atoms with Gasteiger partial charge in [0.25, 0.3) is 0 Å². The molecule has 0 radical (unpaired) electrons. The number of anilines is 1. The van der Waals surface area contributed by atoms with Crippen molar-refractivity contribution in [2.75, 3.05) is 18.9 Å². The lowest BCUT2D eigenvalue weighted by atomic mass is 9.83. The van der Waals surface area contributed by atoms with E-state index in [1.54, 1.807) is 53.8 Å². The monoisotopic (exact) mass is 419 g/mol. The Hall–Kier alpha value is -3.16. The summed E-state index contributed by atoms with van der Waals surface area (Å²) in [7, 11) is 1.84. The van der Waals surface area contributed by atoms with Crippen molar-refractivity contribution >= 4 is 34.5 Å². The number of aryl methyl sites for hydroxylation is 1. The molecule has 0 bridgehead atoms. The zero-order valence-electron chi connectivity index (χ0n) is 16.8. The van der Waals surface area contributed by atoms with E-state index in [-0.39, 0.29) is 29.6 Å². The van der Waals surface area contributed by atoms with E-state index in [9.17, 15) is 14.4 Å². The SMILES string of the molecule is CCc1nc(CN(C)CC(=O)Nc2cccc3c2C(=O)c2ccccc2C3=O)cs1. The van der Waals surface area contributed by atoms with E-state index in [2.05, 4.69) is 17.2 Å². The van der Waals surface area contributed by atoms with Gasteiger partial charge in [-0.3, -0.25) is 19.3 Å². The number of nitrogens with one attached hydrogen (secondary N) is 1.